The summed E-state index contributed by atoms with van der Waals surface area (Å²) in [5.41, 5.74) is -0.602. The second kappa shape index (κ2) is 7.07. The van der Waals surface area contributed by atoms with Crippen LogP contribution in [0.1, 0.15) is 31.6 Å². The summed E-state index contributed by atoms with van der Waals surface area (Å²) in [6.45, 7) is 5.56. The van der Waals surface area contributed by atoms with Crippen molar-refractivity contribution in [2.45, 2.75) is 38.8 Å². The van der Waals surface area contributed by atoms with Crippen molar-refractivity contribution in [2.75, 3.05) is 19.7 Å². The third-order valence-corrected chi connectivity index (χ3v) is 5.57. The topological polar surface area (TPSA) is 58.6 Å². The van der Waals surface area contributed by atoms with E-state index in [1.165, 1.54) is 0 Å². The minimum absolute atomic E-state index is 0.0136. The number of nitrogens with zero attached hydrogens (tertiary/aromatic N) is 1. The first-order chi connectivity index (χ1) is 11.5. The SMILES string of the molecule is CC(C)NC(=O)[C@@]12CCO[C@@H]1CCN(C(=O)/C=C/c1cccs1)C2. The zero-order valence-electron chi connectivity index (χ0n) is 14.2. The number of hydrogen-bond acceptors (Lipinski definition) is 4. The van der Waals surface area contributed by atoms with Gasteiger partial charge < -0.3 is 15.0 Å². The third kappa shape index (κ3) is 3.39. The molecule has 0 aromatic carbocycles. The number of carbonyl (C=O) groups is 2. The van der Waals surface area contributed by atoms with Gasteiger partial charge in [-0.05, 0) is 44.2 Å². The van der Waals surface area contributed by atoms with Crippen LogP contribution in [0.25, 0.3) is 6.08 Å². The second-order valence-corrected chi connectivity index (χ2v) is 7.77. The minimum atomic E-state index is -0.602. The molecule has 0 spiro atoms. The molecular formula is C18H24N2O3S. The Morgan fingerprint density at radius 2 is 2.33 bits per heavy atom. The van der Waals surface area contributed by atoms with Gasteiger partial charge in [-0.3, -0.25) is 9.59 Å². The van der Waals surface area contributed by atoms with Gasteiger partial charge in [0, 0.05) is 36.7 Å². The summed E-state index contributed by atoms with van der Waals surface area (Å²) in [5, 5.41) is 5.00. The molecule has 1 aromatic rings. The lowest BCUT2D eigenvalue weighted by atomic mass is 9.75. The maximum absolute atomic E-state index is 12.8. The van der Waals surface area contributed by atoms with Crippen molar-refractivity contribution >= 4 is 29.2 Å². The molecule has 1 aromatic heterocycles. The summed E-state index contributed by atoms with van der Waals surface area (Å²) < 4.78 is 5.79. The number of fused-ring (bicyclic) bond motifs is 1. The summed E-state index contributed by atoms with van der Waals surface area (Å²) in [5.74, 6) is -0.0230. The number of nitrogens with one attached hydrogen (secondary N) is 1. The number of hydrogen-bond donors (Lipinski definition) is 1. The molecule has 5 nitrogen and oxygen atoms in total. The van der Waals surface area contributed by atoms with Crippen LogP contribution in [0.2, 0.25) is 0 Å². The Morgan fingerprint density at radius 1 is 1.50 bits per heavy atom. The van der Waals surface area contributed by atoms with E-state index < -0.39 is 5.41 Å². The molecule has 0 aliphatic carbocycles. The van der Waals surface area contributed by atoms with Crippen molar-refractivity contribution in [3.63, 3.8) is 0 Å². The van der Waals surface area contributed by atoms with E-state index in [9.17, 15) is 9.59 Å². The molecule has 1 N–H and O–H groups in total. The van der Waals surface area contributed by atoms with Gasteiger partial charge in [0.25, 0.3) is 0 Å². The molecule has 24 heavy (non-hydrogen) atoms. The summed E-state index contributed by atoms with van der Waals surface area (Å²) in [7, 11) is 0. The van der Waals surface area contributed by atoms with Gasteiger partial charge in [0.15, 0.2) is 0 Å². The quantitative estimate of drug-likeness (QED) is 0.850. The Labute approximate surface area is 146 Å². The third-order valence-electron chi connectivity index (χ3n) is 4.73. The standard InChI is InChI=1S/C18H24N2O3S/c1-13(2)19-17(22)18-8-10-23-15(18)7-9-20(12-18)16(21)6-5-14-4-3-11-24-14/h3-6,11,13,15H,7-10,12H2,1-2H3,(H,19,22)/b6-5+/t15-,18-/m1/s1. The molecule has 0 unspecified atom stereocenters. The summed E-state index contributed by atoms with van der Waals surface area (Å²) in [4.78, 5) is 28.2. The van der Waals surface area contributed by atoms with Crippen molar-refractivity contribution < 1.29 is 14.3 Å². The Bertz CT molecular complexity index is 626. The molecule has 6 heteroatoms. The van der Waals surface area contributed by atoms with Crippen LogP contribution in [0.3, 0.4) is 0 Å². The van der Waals surface area contributed by atoms with Crippen molar-refractivity contribution in [3.05, 3.63) is 28.5 Å². The van der Waals surface area contributed by atoms with E-state index in [-0.39, 0.29) is 24.0 Å². The van der Waals surface area contributed by atoms with E-state index in [1.807, 2.05) is 37.4 Å². The van der Waals surface area contributed by atoms with Crippen LogP contribution in [0.15, 0.2) is 23.6 Å². The van der Waals surface area contributed by atoms with Crippen LogP contribution in [0.5, 0.6) is 0 Å². The molecule has 2 saturated heterocycles. The monoisotopic (exact) mass is 348 g/mol. The van der Waals surface area contributed by atoms with Crippen LogP contribution < -0.4 is 5.32 Å². The Morgan fingerprint density at radius 3 is 3.04 bits per heavy atom. The van der Waals surface area contributed by atoms with Gasteiger partial charge in [0.2, 0.25) is 11.8 Å². The van der Waals surface area contributed by atoms with E-state index in [0.29, 0.717) is 32.5 Å². The zero-order valence-corrected chi connectivity index (χ0v) is 15.0. The highest BCUT2D eigenvalue weighted by molar-refractivity contribution is 7.10. The Balaban J connectivity index is 1.72. The lowest BCUT2D eigenvalue weighted by molar-refractivity contribution is -0.144. The van der Waals surface area contributed by atoms with Crippen LogP contribution in [-0.4, -0.2) is 48.6 Å². The number of thiophene rings is 1. The first kappa shape index (κ1) is 17.2. The van der Waals surface area contributed by atoms with Crippen molar-refractivity contribution in [1.29, 1.82) is 0 Å². The van der Waals surface area contributed by atoms with Crippen LogP contribution >= 0.6 is 11.3 Å². The molecule has 3 rings (SSSR count). The highest BCUT2D eigenvalue weighted by atomic mass is 32.1. The number of amides is 2. The number of rotatable bonds is 4. The summed E-state index contributed by atoms with van der Waals surface area (Å²) in [6.07, 6.45) is 4.75. The van der Waals surface area contributed by atoms with Crippen molar-refractivity contribution in [1.82, 2.24) is 10.2 Å². The first-order valence-electron chi connectivity index (χ1n) is 8.44. The highest BCUT2D eigenvalue weighted by Gasteiger charge is 2.53. The molecule has 2 aliphatic heterocycles. The predicted molar refractivity (Wildman–Crippen MR) is 94.6 cm³/mol. The Kier molecular flexibility index (Phi) is 5.06. The lowest BCUT2D eigenvalue weighted by Gasteiger charge is -2.42. The van der Waals surface area contributed by atoms with Crippen molar-refractivity contribution in [3.8, 4) is 0 Å². The van der Waals surface area contributed by atoms with Crippen LogP contribution in [0, 0.1) is 5.41 Å². The highest BCUT2D eigenvalue weighted by Crippen LogP contribution is 2.41. The van der Waals surface area contributed by atoms with E-state index >= 15 is 0 Å². The van der Waals surface area contributed by atoms with Gasteiger partial charge in [0.1, 0.15) is 0 Å². The molecule has 0 radical (unpaired) electrons. The maximum atomic E-state index is 12.8. The van der Waals surface area contributed by atoms with E-state index in [1.54, 1.807) is 22.3 Å². The van der Waals surface area contributed by atoms with E-state index in [2.05, 4.69) is 5.32 Å². The number of ether oxygens (including phenoxy) is 1. The fraction of sp³-hybridized carbons (Fsp3) is 0.556. The normalized spacial score (nSPS) is 26.8. The lowest BCUT2D eigenvalue weighted by Crippen LogP contribution is -2.58. The number of piperidine rings is 1. The van der Waals surface area contributed by atoms with Gasteiger partial charge >= 0.3 is 0 Å². The zero-order chi connectivity index (χ0) is 17.2. The van der Waals surface area contributed by atoms with Gasteiger partial charge in [-0.25, -0.2) is 0 Å². The fourth-order valence-corrected chi connectivity index (χ4v) is 4.13. The summed E-state index contributed by atoms with van der Waals surface area (Å²) in [6, 6.07) is 4.02. The van der Waals surface area contributed by atoms with Crippen LogP contribution in [0.4, 0.5) is 0 Å². The molecule has 2 atom stereocenters. The number of carbonyl (C=O) groups excluding carboxylic acids is 2. The molecule has 3 heterocycles. The largest absolute Gasteiger partial charge is 0.377 e. The first-order valence-corrected chi connectivity index (χ1v) is 9.32. The maximum Gasteiger partial charge on any atom is 0.246 e. The molecular weight excluding hydrogens is 324 g/mol. The second-order valence-electron chi connectivity index (χ2n) is 6.79. The van der Waals surface area contributed by atoms with Gasteiger partial charge in [-0.15, -0.1) is 11.3 Å². The smallest absolute Gasteiger partial charge is 0.246 e. The van der Waals surface area contributed by atoms with E-state index in [0.717, 1.165) is 4.88 Å². The predicted octanol–water partition coefficient (Wildman–Crippen LogP) is 2.29. The number of likely N-dealkylation sites (tertiary alicyclic amines) is 1. The molecule has 2 fully saturated rings. The molecule has 0 saturated carbocycles. The minimum Gasteiger partial charge on any atom is -0.377 e. The molecule has 130 valence electrons. The summed E-state index contributed by atoms with van der Waals surface area (Å²) >= 11 is 1.60. The molecule has 2 amide bonds. The Hall–Kier alpha value is -1.66. The fourth-order valence-electron chi connectivity index (χ4n) is 3.51. The van der Waals surface area contributed by atoms with Gasteiger partial charge in [-0.2, -0.15) is 0 Å². The molecule has 0 bridgehead atoms. The molecule has 2 aliphatic rings. The average molecular weight is 348 g/mol. The van der Waals surface area contributed by atoms with Gasteiger partial charge in [0.05, 0.1) is 11.5 Å². The van der Waals surface area contributed by atoms with Crippen LogP contribution in [-0.2, 0) is 14.3 Å². The van der Waals surface area contributed by atoms with E-state index in [4.69, 9.17) is 4.74 Å². The van der Waals surface area contributed by atoms with Crippen molar-refractivity contribution in [2.24, 2.45) is 5.41 Å². The average Bonchev–Trinajstić information content (AvgIpc) is 3.21. The van der Waals surface area contributed by atoms with Gasteiger partial charge in [-0.1, -0.05) is 6.07 Å².